The molecule has 2 amide bonds. The zero-order valence-corrected chi connectivity index (χ0v) is 18.0. The van der Waals surface area contributed by atoms with E-state index in [0.29, 0.717) is 5.69 Å². The molecule has 2 atom stereocenters. The van der Waals surface area contributed by atoms with Crippen molar-refractivity contribution < 1.29 is 18.0 Å². The molecular weight excluding hydrogens is 396 g/mol. The first kappa shape index (κ1) is 21.2. The van der Waals surface area contributed by atoms with Crippen LogP contribution in [-0.4, -0.2) is 37.3 Å². The van der Waals surface area contributed by atoms with Gasteiger partial charge in [0.1, 0.15) is 0 Å². The molecule has 1 aliphatic heterocycles. The zero-order chi connectivity index (χ0) is 20.3. The second-order valence-corrected chi connectivity index (χ2v) is 11.2. The number of thioether (sulfide) groups is 1. The zero-order valence-electron chi connectivity index (χ0n) is 16.4. The molecule has 1 heterocycles. The van der Waals surface area contributed by atoms with Gasteiger partial charge in [-0.05, 0) is 38.0 Å². The van der Waals surface area contributed by atoms with Crippen molar-refractivity contribution in [2.75, 3.05) is 11.1 Å². The van der Waals surface area contributed by atoms with Crippen molar-refractivity contribution in [3.8, 4) is 0 Å². The summed E-state index contributed by atoms with van der Waals surface area (Å²) in [5.74, 6) is -1.22. The molecule has 0 radical (unpaired) electrons. The third-order valence-electron chi connectivity index (χ3n) is 5.36. The van der Waals surface area contributed by atoms with Crippen LogP contribution in [0.2, 0.25) is 0 Å². The van der Waals surface area contributed by atoms with E-state index in [0.717, 1.165) is 30.6 Å². The average molecular weight is 425 g/mol. The topological polar surface area (TPSA) is 92.3 Å². The lowest BCUT2D eigenvalue weighted by atomic mass is 10.1. The predicted molar refractivity (Wildman–Crippen MR) is 111 cm³/mol. The van der Waals surface area contributed by atoms with Crippen LogP contribution in [-0.2, 0) is 19.4 Å². The normalized spacial score (nSPS) is 21.9. The Morgan fingerprint density at radius 3 is 2.61 bits per heavy atom. The molecule has 6 nitrogen and oxygen atoms in total. The molecule has 154 valence electrons. The fraction of sp³-hybridized carbons (Fsp3) is 0.600. The number of fused-ring (bicyclic) bond motifs is 1. The molecule has 3 rings (SSSR count). The summed E-state index contributed by atoms with van der Waals surface area (Å²) in [6, 6.07) is 4.93. The summed E-state index contributed by atoms with van der Waals surface area (Å²) in [6.45, 7) is 3.46. The highest BCUT2D eigenvalue weighted by Gasteiger charge is 2.28. The van der Waals surface area contributed by atoms with Crippen LogP contribution in [0.15, 0.2) is 28.0 Å². The predicted octanol–water partition coefficient (Wildman–Crippen LogP) is 3.37. The summed E-state index contributed by atoms with van der Waals surface area (Å²) in [5.41, 5.74) is 0.518. The highest BCUT2D eigenvalue weighted by atomic mass is 32.2. The second kappa shape index (κ2) is 8.86. The van der Waals surface area contributed by atoms with Crippen LogP contribution < -0.4 is 10.6 Å². The van der Waals surface area contributed by atoms with Gasteiger partial charge in [-0.25, -0.2) is 8.42 Å². The molecule has 8 heteroatoms. The number of hydrogen-bond acceptors (Lipinski definition) is 5. The SMILES string of the molecule is C[C@H](CS(=O)(=O)c1ccc2c(c1)NC(=O)[C@@H](C)S2)C(=O)NC1CCCCCC1. The highest BCUT2D eigenvalue weighted by molar-refractivity contribution is 8.01. The minimum atomic E-state index is -3.64. The van der Waals surface area contributed by atoms with E-state index in [1.165, 1.54) is 30.7 Å². The van der Waals surface area contributed by atoms with Crippen LogP contribution in [0.25, 0.3) is 0 Å². The molecule has 2 N–H and O–H groups in total. The van der Waals surface area contributed by atoms with Gasteiger partial charge in [0.15, 0.2) is 9.84 Å². The minimum absolute atomic E-state index is 0.135. The molecular formula is C20H28N2O4S2. The Kier molecular flexibility index (Phi) is 6.70. The van der Waals surface area contributed by atoms with Gasteiger partial charge in [-0.3, -0.25) is 9.59 Å². The van der Waals surface area contributed by atoms with Gasteiger partial charge < -0.3 is 10.6 Å². The van der Waals surface area contributed by atoms with Gasteiger partial charge >= 0.3 is 0 Å². The first-order valence-corrected chi connectivity index (χ1v) is 12.4. The maximum absolute atomic E-state index is 12.8. The number of nitrogens with one attached hydrogen (secondary N) is 2. The van der Waals surface area contributed by atoms with E-state index in [1.54, 1.807) is 19.1 Å². The summed E-state index contributed by atoms with van der Waals surface area (Å²) >= 11 is 1.41. The monoisotopic (exact) mass is 424 g/mol. The number of sulfone groups is 1. The van der Waals surface area contributed by atoms with E-state index in [4.69, 9.17) is 0 Å². The van der Waals surface area contributed by atoms with E-state index >= 15 is 0 Å². The van der Waals surface area contributed by atoms with Crippen molar-refractivity contribution in [3.63, 3.8) is 0 Å². The third-order valence-corrected chi connectivity index (χ3v) is 8.45. The van der Waals surface area contributed by atoms with Crippen molar-refractivity contribution in [1.29, 1.82) is 0 Å². The van der Waals surface area contributed by atoms with E-state index in [2.05, 4.69) is 10.6 Å². The molecule has 0 bridgehead atoms. The Morgan fingerprint density at radius 2 is 1.93 bits per heavy atom. The van der Waals surface area contributed by atoms with Crippen LogP contribution in [0.1, 0.15) is 52.4 Å². The van der Waals surface area contributed by atoms with Crippen LogP contribution >= 0.6 is 11.8 Å². The van der Waals surface area contributed by atoms with Crippen LogP contribution in [0.3, 0.4) is 0 Å². The number of rotatable bonds is 5. The van der Waals surface area contributed by atoms with Crippen molar-refractivity contribution in [2.24, 2.45) is 5.92 Å². The van der Waals surface area contributed by atoms with E-state index in [-0.39, 0.29) is 33.8 Å². The van der Waals surface area contributed by atoms with E-state index < -0.39 is 15.8 Å². The lowest BCUT2D eigenvalue weighted by Gasteiger charge is -2.22. The van der Waals surface area contributed by atoms with Gasteiger partial charge in [0.05, 0.1) is 21.6 Å². The lowest BCUT2D eigenvalue weighted by molar-refractivity contribution is -0.124. The minimum Gasteiger partial charge on any atom is -0.353 e. The van der Waals surface area contributed by atoms with Crippen LogP contribution in [0, 0.1) is 5.92 Å². The lowest BCUT2D eigenvalue weighted by Crippen LogP contribution is -2.39. The molecule has 0 aromatic heterocycles. The first-order chi connectivity index (χ1) is 13.3. The fourth-order valence-corrected chi connectivity index (χ4v) is 6.15. The molecule has 0 saturated heterocycles. The van der Waals surface area contributed by atoms with Gasteiger partial charge in [-0.1, -0.05) is 32.6 Å². The standard InChI is InChI=1S/C20H28N2O4S2/c1-13(19(23)21-15-7-5-3-4-6-8-15)12-28(25,26)16-9-10-18-17(11-16)22-20(24)14(2)27-18/h9-11,13-15H,3-8,12H2,1-2H3,(H,21,23)(H,22,24)/t13-,14-/m1/s1. The van der Waals surface area contributed by atoms with Crippen LogP contribution in [0.5, 0.6) is 0 Å². The number of amides is 2. The molecule has 1 aliphatic carbocycles. The van der Waals surface area contributed by atoms with Crippen molar-refractivity contribution in [3.05, 3.63) is 18.2 Å². The molecule has 1 aromatic carbocycles. The Bertz CT molecular complexity index is 846. The molecule has 2 aliphatic rings. The average Bonchev–Trinajstić information content (AvgIpc) is 2.90. The third kappa shape index (κ3) is 5.08. The number of carbonyl (C=O) groups excluding carboxylic acids is 2. The van der Waals surface area contributed by atoms with Crippen molar-refractivity contribution in [2.45, 2.75) is 73.5 Å². The molecule has 0 spiro atoms. The second-order valence-electron chi connectivity index (χ2n) is 7.79. The summed E-state index contributed by atoms with van der Waals surface area (Å²) in [6.07, 6.45) is 6.53. The van der Waals surface area contributed by atoms with Crippen molar-refractivity contribution in [1.82, 2.24) is 5.32 Å². The highest BCUT2D eigenvalue weighted by Crippen LogP contribution is 2.37. The van der Waals surface area contributed by atoms with Crippen molar-refractivity contribution >= 4 is 39.1 Å². The van der Waals surface area contributed by atoms with E-state index in [9.17, 15) is 18.0 Å². The summed E-state index contributed by atoms with van der Waals surface area (Å²) in [7, 11) is -3.64. The Hall–Kier alpha value is -1.54. The van der Waals surface area contributed by atoms with Gasteiger partial charge in [-0.15, -0.1) is 11.8 Å². The number of hydrogen-bond donors (Lipinski definition) is 2. The van der Waals surface area contributed by atoms with Crippen LogP contribution in [0.4, 0.5) is 5.69 Å². The summed E-state index contributed by atoms with van der Waals surface area (Å²) in [4.78, 5) is 25.4. The molecule has 28 heavy (non-hydrogen) atoms. The van der Waals surface area contributed by atoms with E-state index in [1.807, 2.05) is 6.92 Å². The van der Waals surface area contributed by atoms with Gasteiger partial charge in [-0.2, -0.15) is 0 Å². The van der Waals surface area contributed by atoms with Gasteiger partial charge in [0, 0.05) is 16.9 Å². The summed E-state index contributed by atoms with van der Waals surface area (Å²) in [5, 5.41) is 5.58. The maximum Gasteiger partial charge on any atom is 0.237 e. The maximum atomic E-state index is 12.8. The number of benzene rings is 1. The smallest absolute Gasteiger partial charge is 0.237 e. The summed E-state index contributed by atoms with van der Waals surface area (Å²) < 4.78 is 25.7. The quantitative estimate of drug-likeness (QED) is 0.707. The Labute approximate surface area is 171 Å². The number of anilines is 1. The fourth-order valence-electron chi connectivity index (χ4n) is 3.65. The Balaban J connectivity index is 1.66. The molecule has 1 fully saturated rings. The molecule has 0 unspecified atom stereocenters. The van der Waals surface area contributed by atoms with Gasteiger partial charge in [0.2, 0.25) is 11.8 Å². The molecule has 1 saturated carbocycles. The largest absolute Gasteiger partial charge is 0.353 e. The van der Waals surface area contributed by atoms with Gasteiger partial charge in [0.25, 0.3) is 0 Å². The number of carbonyl (C=O) groups is 2. The molecule has 1 aromatic rings. The Morgan fingerprint density at radius 1 is 1.25 bits per heavy atom. The first-order valence-electron chi connectivity index (χ1n) is 9.91.